The first kappa shape index (κ1) is 15.2. The molecule has 112 valence electrons. The van der Waals surface area contributed by atoms with Crippen molar-refractivity contribution >= 4 is 21.4 Å². The van der Waals surface area contributed by atoms with Gasteiger partial charge in [-0.05, 0) is 48.5 Å². The second-order valence-corrected chi connectivity index (χ2v) is 5.93. The number of nitrogens with one attached hydrogen (secondary N) is 1. The molecule has 0 aromatic heterocycles. The van der Waals surface area contributed by atoms with Crippen molar-refractivity contribution in [1.29, 1.82) is 0 Å². The van der Waals surface area contributed by atoms with Gasteiger partial charge < -0.3 is 5.73 Å². The summed E-state index contributed by atoms with van der Waals surface area (Å²) in [5, 5.41) is 0. The minimum atomic E-state index is -4.51. The van der Waals surface area contributed by atoms with Crippen LogP contribution < -0.4 is 10.5 Å². The smallest absolute Gasteiger partial charge is 0.399 e. The highest BCUT2D eigenvalue weighted by Crippen LogP contribution is 2.30. The predicted octanol–water partition coefficient (Wildman–Crippen LogP) is 3.09. The summed E-state index contributed by atoms with van der Waals surface area (Å²) in [4.78, 5) is -0.257. The van der Waals surface area contributed by atoms with Crippen molar-refractivity contribution in [3.8, 4) is 0 Å². The van der Waals surface area contributed by atoms with Crippen LogP contribution in [0.3, 0.4) is 0 Å². The highest BCUT2D eigenvalue weighted by atomic mass is 32.2. The summed E-state index contributed by atoms with van der Waals surface area (Å²) in [6.45, 7) is 0. The average Bonchev–Trinajstić information content (AvgIpc) is 2.40. The van der Waals surface area contributed by atoms with Crippen molar-refractivity contribution in [1.82, 2.24) is 0 Å². The van der Waals surface area contributed by atoms with Crippen LogP contribution in [0, 0.1) is 0 Å². The van der Waals surface area contributed by atoms with Crippen molar-refractivity contribution in [2.75, 3.05) is 10.5 Å². The molecule has 0 unspecified atom stereocenters. The van der Waals surface area contributed by atoms with Crippen LogP contribution in [0.15, 0.2) is 53.4 Å². The zero-order chi connectivity index (χ0) is 15.7. The van der Waals surface area contributed by atoms with Gasteiger partial charge in [-0.2, -0.15) is 13.2 Å². The molecule has 0 amide bonds. The summed E-state index contributed by atoms with van der Waals surface area (Å²) in [6.07, 6.45) is -4.51. The molecule has 2 aromatic carbocycles. The molecule has 0 aliphatic heterocycles. The molecule has 21 heavy (non-hydrogen) atoms. The molecule has 0 aliphatic rings. The van der Waals surface area contributed by atoms with E-state index in [0.29, 0.717) is 5.69 Å². The molecule has 0 heterocycles. The minimum Gasteiger partial charge on any atom is -0.399 e. The number of hydrogen-bond donors (Lipinski definition) is 2. The van der Waals surface area contributed by atoms with Gasteiger partial charge in [0.1, 0.15) is 0 Å². The number of sulfonamides is 1. The van der Waals surface area contributed by atoms with E-state index >= 15 is 0 Å². The number of nitrogens with two attached hydrogens (primary N) is 1. The van der Waals surface area contributed by atoms with Crippen LogP contribution in [0.25, 0.3) is 0 Å². The van der Waals surface area contributed by atoms with Crippen molar-refractivity contribution < 1.29 is 21.6 Å². The maximum atomic E-state index is 12.4. The van der Waals surface area contributed by atoms with E-state index in [9.17, 15) is 21.6 Å². The summed E-state index contributed by atoms with van der Waals surface area (Å²) in [6, 6.07) is 9.17. The Morgan fingerprint density at radius 2 is 1.43 bits per heavy atom. The van der Waals surface area contributed by atoms with Crippen LogP contribution >= 0.6 is 0 Å². The average molecular weight is 316 g/mol. The molecule has 3 N–H and O–H groups in total. The molecule has 0 aliphatic carbocycles. The highest BCUT2D eigenvalue weighted by Gasteiger charge is 2.30. The van der Waals surface area contributed by atoms with Crippen LogP contribution in [0.5, 0.6) is 0 Å². The lowest BCUT2D eigenvalue weighted by Gasteiger charge is -2.10. The Balaban J connectivity index is 2.25. The first-order chi connectivity index (χ1) is 9.68. The quantitative estimate of drug-likeness (QED) is 0.855. The van der Waals surface area contributed by atoms with Gasteiger partial charge in [-0.3, -0.25) is 4.72 Å². The van der Waals surface area contributed by atoms with Gasteiger partial charge in [0.2, 0.25) is 0 Å². The van der Waals surface area contributed by atoms with E-state index in [1.165, 1.54) is 24.3 Å². The van der Waals surface area contributed by atoms with Crippen molar-refractivity contribution in [2.24, 2.45) is 0 Å². The fraction of sp³-hybridized carbons (Fsp3) is 0.0769. The Labute approximate surface area is 119 Å². The van der Waals surface area contributed by atoms with E-state index in [0.717, 1.165) is 24.3 Å². The fourth-order valence-corrected chi connectivity index (χ4v) is 2.65. The maximum absolute atomic E-state index is 12.4. The third kappa shape index (κ3) is 3.66. The highest BCUT2D eigenvalue weighted by molar-refractivity contribution is 7.92. The number of nitrogen functional groups attached to an aromatic ring is 1. The van der Waals surface area contributed by atoms with Gasteiger partial charge in [-0.1, -0.05) is 0 Å². The third-order valence-electron chi connectivity index (χ3n) is 2.65. The molecule has 0 atom stereocenters. The Kier molecular flexibility index (Phi) is 3.82. The SMILES string of the molecule is Nc1ccc(NS(=O)(=O)c2ccc(C(F)(F)F)cc2)cc1. The summed E-state index contributed by atoms with van der Waals surface area (Å²) in [5.74, 6) is 0. The van der Waals surface area contributed by atoms with E-state index in [-0.39, 0.29) is 10.6 Å². The van der Waals surface area contributed by atoms with E-state index in [1.54, 1.807) is 0 Å². The number of benzene rings is 2. The number of alkyl halides is 3. The second-order valence-electron chi connectivity index (χ2n) is 4.25. The lowest BCUT2D eigenvalue weighted by molar-refractivity contribution is -0.137. The number of hydrogen-bond acceptors (Lipinski definition) is 3. The van der Waals surface area contributed by atoms with Crippen LogP contribution in [0.4, 0.5) is 24.5 Å². The fourth-order valence-electron chi connectivity index (χ4n) is 1.59. The molecule has 0 fully saturated rings. The minimum absolute atomic E-state index is 0.257. The summed E-state index contributed by atoms with van der Waals surface area (Å²) < 4.78 is 63.6. The largest absolute Gasteiger partial charge is 0.416 e. The van der Waals surface area contributed by atoms with Gasteiger partial charge in [0.05, 0.1) is 10.5 Å². The Morgan fingerprint density at radius 1 is 0.905 bits per heavy atom. The van der Waals surface area contributed by atoms with Crippen LogP contribution in [-0.4, -0.2) is 8.42 Å². The Morgan fingerprint density at radius 3 is 1.90 bits per heavy atom. The molecule has 2 aromatic rings. The van der Waals surface area contributed by atoms with Crippen molar-refractivity contribution in [3.05, 3.63) is 54.1 Å². The van der Waals surface area contributed by atoms with E-state index in [4.69, 9.17) is 5.73 Å². The molecule has 2 rings (SSSR count). The zero-order valence-corrected chi connectivity index (χ0v) is 11.4. The molecule has 0 bridgehead atoms. The van der Waals surface area contributed by atoms with Crippen LogP contribution in [0.2, 0.25) is 0 Å². The topological polar surface area (TPSA) is 72.2 Å². The van der Waals surface area contributed by atoms with Gasteiger partial charge >= 0.3 is 6.18 Å². The molecular weight excluding hydrogens is 305 g/mol. The number of rotatable bonds is 3. The van der Waals surface area contributed by atoms with Gasteiger partial charge in [0.25, 0.3) is 10.0 Å². The summed E-state index contributed by atoms with van der Waals surface area (Å²) in [5.41, 5.74) is 5.30. The summed E-state index contributed by atoms with van der Waals surface area (Å²) >= 11 is 0. The van der Waals surface area contributed by atoms with E-state index in [2.05, 4.69) is 4.72 Å². The molecule has 0 spiro atoms. The molecule has 0 radical (unpaired) electrons. The monoisotopic (exact) mass is 316 g/mol. The number of anilines is 2. The van der Waals surface area contributed by atoms with Gasteiger partial charge in [0, 0.05) is 11.4 Å². The van der Waals surface area contributed by atoms with Gasteiger partial charge in [0.15, 0.2) is 0 Å². The predicted molar refractivity (Wildman–Crippen MR) is 73.1 cm³/mol. The van der Waals surface area contributed by atoms with E-state index < -0.39 is 21.8 Å². The van der Waals surface area contributed by atoms with Crippen LogP contribution in [0.1, 0.15) is 5.56 Å². The lowest BCUT2D eigenvalue weighted by Crippen LogP contribution is -2.13. The standard InChI is InChI=1S/C13H11F3N2O2S/c14-13(15,16)9-1-7-12(8-2-9)21(19,20)18-11-5-3-10(17)4-6-11/h1-8,18H,17H2. The molecular formula is C13H11F3N2O2S. The first-order valence-corrected chi connectivity index (χ1v) is 7.22. The Bertz CT molecular complexity index is 724. The molecule has 0 saturated heterocycles. The second kappa shape index (κ2) is 5.28. The van der Waals surface area contributed by atoms with Crippen molar-refractivity contribution in [3.63, 3.8) is 0 Å². The Hall–Kier alpha value is -2.22. The zero-order valence-electron chi connectivity index (χ0n) is 10.6. The lowest BCUT2D eigenvalue weighted by atomic mass is 10.2. The third-order valence-corrected chi connectivity index (χ3v) is 4.05. The molecule has 8 heteroatoms. The summed E-state index contributed by atoms with van der Waals surface area (Å²) in [7, 11) is -3.95. The maximum Gasteiger partial charge on any atom is 0.416 e. The number of halogens is 3. The molecule has 0 saturated carbocycles. The van der Waals surface area contributed by atoms with Gasteiger partial charge in [-0.15, -0.1) is 0 Å². The first-order valence-electron chi connectivity index (χ1n) is 5.74. The van der Waals surface area contributed by atoms with E-state index in [1.807, 2.05) is 0 Å². The molecule has 4 nitrogen and oxygen atoms in total. The normalized spacial score (nSPS) is 12.1. The van der Waals surface area contributed by atoms with Crippen LogP contribution in [-0.2, 0) is 16.2 Å². The van der Waals surface area contributed by atoms with Gasteiger partial charge in [-0.25, -0.2) is 8.42 Å². The van der Waals surface area contributed by atoms with Crippen molar-refractivity contribution in [2.45, 2.75) is 11.1 Å².